The van der Waals surface area contributed by atoms with E-state index >= 15 is 0 Å². The van der Waals surface area contributed by atoms with Crippen LogP contribution in [0.25, 0.3) is 33.2 Å². The van der Waals surface area contributed by atoms with Gasteiger partial charge in [-0.05, 0) is 45.2 Å². The highest BCUT2D eigenvalue weighted by Crippen LogP contribution is 2.55. The number of aromatic nitrogens is 1. The summed E-state index contributed by atoms with van der Waals surface area (Å²) in [5.41, 5.74) is 8.81. The first-order valence-corrected chi connectivity index (χ1v) is 9.43. The highest BCUT2D eigenvalue weighted by molar-refractivity contribution is 6.04. The van der Waals surface area contributed by atoms with E-state index in [-0.39, 0.29) is 5.41 Å². The average Bonchev–Trinajstić information content (AvgIpc) is 2.95. The largest absolute Gasteiger partial charge is 0.488 e. The first kappa shape index (κ1) is 15.0. The van der Waals surface area contributed by atoms with Gasteiger partial charge in [0.2, 0.25) is 0 Å². The molecule has 2 aliphatic rings. The van der Waals surface area contributed by atoms with Crippen LogP contribution in [-0.4, -0.2) is 4.98 Å². The lowest BCUT2D eigenvalue weighted by Gasteiger charge is -2.30. The zero-order chi connectivity index (χ0) is 18.2. The van der Waals surface area contributed by atoms with Crippen molar-refractivity contribution in [1.82, 2.24) is 4.98 Å². The molecule has 2 nitrogen and oxygen atoms in total. The Bertz CT molecular complexity index is 1250. The molecule has 0 saturated carbocycles. The minimum Gasteiger partial charge on any atom is -0.488 e. The Kier molecular flexibility index (Phi) is 2.76. The van der Waals surface area contributed by atoms with Gasteiger partial charge in [0.25, 0.3) is 0 Å². The molecule has 0 bridgehead atoms. The fraction of sp³-hybridized carbons (Fsp3) is 0.160. The first-order chi connectivity index (χ1) is 13.2. The molecule has 6 rings (SSSR count). The van der Waals surface area contributed by atoms with E-state index in [1.54, 1.807) is 0 Å². The van der Waals surface area contributed by atoms with E-state index in [0.29, 0.717) is 6.61 Å². The van der Waals surface area contributed by atoms with Gasteiger partial charge in [0, 0.05) is 22.7 Å². The van der Waals surface area contributed by atoms with Crippen LogP contribution >= 0.6 is 0 Å². The van der Waals surface area contributed by atoms with Crippen molar-refractivity contribution < 1.29 is 4.74 Å². The van der Waals surface area contributed by atoms with Crippen LogP contribution < -0.4 is 4.74 Å². The first-order valence-electron chi connectivity index (χ1n) is 9.43. The molecule has 0 amide bonds. The molecule has 2 heteroatoms. The number of hydrogen-bond donors (Lipinski definition) is 0. The van der Waals surface area contributed by atoms with Crippen molar-refractivity contribution in [3.63, 3.8) is 0 Å². The van der Waals surface area contributed by atoms with Gasteiger partial charge >= 0.3 is 0 Å². The van der Waals surface area contributed by atoms with Crippen LogP contribution in [0.4, 0.5) is 0 Å². The van der Waals surface area contributed by atoms with Crippen LogP contribution in [0.15, 0.2) is 66.9 Å². The third-order valence-corrected chi connectivity index (χ3v) is 6.18. The van der Waals surface area contributed by atoms with E-state index in [1.165, 1.54) is 44.2 Å². The normalized spacial score (nSPS) is 15.5. The van der Waals surface area contributed by atoms with Crippen LogP contribution in [0, 0.1) is 0 Å². The Morgan fingerprint density at radius 1 is 0.889 bits per heavy atom. The molecule has 0 atom stereocenters. The summed E-state index contributed by atoms with van der Waals surface area (Å²) in [4.78, 5) is 4.73. The quantitative estimate of drug-likeness (QED) is 0.383. The average molecular weight is 349 g/mol. The van der Waals surface area contributed by atoms with Crippen molar-refractivity contribution in [1.29, 1.82) is 0 Å². The molecule has 27 heavy (non-hydrogen) atoms. The lowest BCUT2D eigenvalue weighted by molar-refractivity contribution is 0.302. The van der Waals surface area contributed by atoms with Gasteiger partial charge in [-0.15, -0.1) is 0 Å². The predicted octanol–water partition coefficient (Wildman–Crippen LogP) is 6.10. The minimum absolute atomic E-state index is 0.0875. The van der Waals surface area contributed by atoms with Crippen LogP contribution in [0.3, 0.4) is 0 Å². The molecule has 3 aromatic carbocycles. The number of pyridine rings is 1. The summed E-state index contributed by atoms with van der Waals surface area (Å²) in [6, 6.07) is 21.6. The minimum atomic E-state index is -0.0875. The van der Waals surface area contributed by atoms with E-state index in [2.05, 4.69) is 68.4 Å². The van der Waals surface area contributed by atoms with Crippen molar-refractivity contribution in [2.45, 2.75) is 25.9 Å². The highest BCUT2D eigenvalue weighted by Gasteiger charge is 2.40. The van der Waals surface area contributed by atoms with E-state index in [0.717, 1.165) is 11.4 Å². The molecule has 0 saturated heterocycles. The summed E-state index contributed by atoms with van der Waals surface area (Å²) in [5.74, 6) is 0.981. The van der Waals surface area contributed by atoms with E-state index < -0.39 is 0 Å². The van der Waals surface area contributed by atoms with Gasteiger partial charge in [-0.2, -0.15) is 0 Å². The van der Waals surface area contributed by atoms with Crippen molar-refractivity contribution in [3.8, 4) is 28.1 Å². The summed E-state index contributed by atoms with van der Waals surface area (Å²) >= 11 is 0. The van der Waals surface area contributed by atoms with Crippen molar-refractivity contribution in [3.05, 3.63) is 83.6 Å². The molecule has 0 N–H and O–H groups in total. The second kappa shape index (κ2) is 4.98. The van der Waals surface area contributed by atoms with Crippen LogP contribution in [-0.2, 0) is 12.0 Å². The van der Waals surface area contributed by atoms with Gasteiger partial charge in [-0.3, -0.25) is 4.98 Å². The number of benzene rings is 3. The number of nitrogens with zero attached hydrogens (tertiary/aromatic N) is 1. The Balaban J connectivity index is 1.78. The molecule has 0 radical (unpaired) electrons. The summed E-state index contributed by atoms with van der Waals surface area (Å²) in [5, 5.41) is 2.50. The zero-order valence-corrected chi connectivity index (χ0v) is 15.4. The third-order valence-electron chi connectivity index (χ3n) is 6.18. The fourth-order valence-corrected chi connectivity index (χ4v) is 4.94. The summed E-state index contributed by atoms with van der Waals surface area (Å²) < 4.78 is 6.15. The number of ether oxygens (including phenoxy) is 1. The molecule has 130 valence electrons. The van der Waals surface area contributed by atoms with E-state index in [1.807, 2.05) is 12.3 Å². The molecule has 2 heterocycles. The summed E-state index contributed by atoms with van der Waals surface area (Å²) in [6.45, 7) is 5.26. The van der Waals surface area contributed by atoms with Gasteiger partial charge in [0.15, 0.2) is 0 Å². The maximum atomic E-state index is 6.15. The number of fused-ring (bicyclic) bond motifs is 9. The SMILES string of the molecule is CC1(C)c2cccnc2-c2ccc3c(c21)-c1c(ccc2ccccc12)OC3. The standard InChI is InChI=1S/C25H19NO/c1-25(2)19-8-5-13-26-24(19)18-11-9-16-14-27-20-12-10-15-6-3-4-7-17(15)22(20)21(16)23(18)25/h3-13H,14H2,1-2H3. The molecule has 1 aliphatic heterocycles. The van der Waals surface area contributed by atoms with Crippen molar-refractivity contribution in [2.75, 3.05) is 0 Å². The number of hydrogen-bond acceptors (Lipinski definition) is 2. The molecule has 4 aromatic rings. The molecular formula is C25H19NO. The smallest absolute Gasteiger partial charge is 0.128 e. The fourth-order valence-electron chi connectivity index (χ4n) is 4.94. The summed E-state index contributed by atoms with van der Waals surface area (Å²) in [7, 11) is 0. The molecule has 0 fully saturated rings. The third kappa shape index (κ3) is 1.83. The molecular weight excluding hydrogens is 330 g/mol. The van der Waals surface area contributed by atoms with Crippen molar-refractivity contribution >= 4 is 10.8 Å². The van der Waals surface area contributed by atoms with Crippen LogP contribution in [0.2, 0.25) is 0 Å². The maximum Gasteiger partial charge on any atom is 0.128 e. The Morgan fingerprint density at radius 3 is 2.70 bits per heavy atom. The predicted molar refractivity (Wildman–Crippen MR) is 109 cm³/mol. The van der Waals surface area contributed by atoms with Gasteiger partial charge < -0.3 is 4.74 Å². The van der Waals surface area contributed by atoms with Gasteiger partial charge in [-0.1, -0.05) is 62.4 Å². The second-order valence-electron chi connectivity index (χ2n) is 8.00. The van der Waals surface area contributed by atoms with Crippen LogP contribution in [0.5, 0.6) is 5.75 Å². The lowest BCUT2D eigenvalue weighted by Crippen LogP contribution is -2.19. The van der Waals surface area contributed by atoms with Gasteiger partial charge in [-0.25, -0.2) is 0 Å². The van der Waals surface area contributed by atoms with Crippen LogP contribution in [0.1, 0.15) is 30.5 Å². The molecule has 0 unspecified atom stereocenters. The lowest BCUT2D eigenvalue weighted by atomic mass is 9.76. The molecule has 1 aliphatic carbocycles. The van der Waals surface area contributed by atoms with Gasteiger partial charge in [0.05, 0.1) is 5.69 Å². The topological polar surface area (TPSA) is 22.1 Å². The Morgan fingerprint density at radius 2 is 1.78 bits per heavy atom. The van der Waals surface area contributed by atoms with E-state index in [4.69, 9.17) is 9.72 Å². The van der Waals surface area contributed by atoms with E-state index in [9.17, 15) is 0 Å². The Labute approximate surface area is 158 Å². The second-order valence-corrected chi connectivity index (χ2v) is 8.00. The summed E-state index contributed by atoms with van der Waals surface area (Å²) in [6.07, 6.45) is 1.90. The van der Waals surface area contributed by atoms with Crippen molar-refractivity contribution in [2.24, 2.45) is 0 Å². The Hall–Kier alpha value is -3.13. The number of rotatable bonds is 0. The monoisotopic (exact) mass is 349 g/mol. The highest BCUT2D eigenvalue weighted by atomic mass is 16.5. The molecule has 0 spiro atoms. The maximum absolute atomic E-state index is 6.15. The van der Waals surface area contributed by atoms with Gasteiger partial charge in [0.1, 0.15) is 12.4 Å². The molecule has 1 aromatic heterocycles. The zero-order valence-electron chi connectivity index (χ0n) is 15.4.